The maximum Gasteiger partial charge on any atom is 0.0709 e. The molecular weight excluding hydrogens is 196 g/mol. The maximum absolute atomic E-state index is 4.52. The number of rotatable bonds is 0. The Labute approximate surface area is 94.0 Å². The number of aryl methyl sites for hydroxylation is 2. The van der Waals surface area contributed by atoms with Crippen LogP contribution in [-0.4, -0.2) is 9.97 Å². The number of pyridine rings is 2. The Balaban J connectivity index is 2.60. The summed E-state index contributed by atoms with van der Waals surface area (Å²) in [5.41, 5.74) is 3.15. The van der Waals surface area contributed by atoms with Crippen molar-refractivity contribution in [3.63, 3.8) is 0 Å². The van der Waals surface area contributed by atoms with Gasteiger partial charge in [0.2, 0.25) is 0 Å². The quantitative estimate of drug-likeness (QED) is 0.529. The van der Waals surface area contributed by atoms with Crippen LogP contribution in [0.1, 0.15) is 11.4 Å². The minimum absolute atomic E-state index is 1.03. The number of fused-ring (bicyclic) bond motifs is 3. The van der Waals surface area contributed by atoms with Crippen LogP contribution in [0.2, 0.25) is 0 Å². The van der Waals surface area contributed by atoms with E-state index in [4.69, 9.17) is 0 Å². The Hall–Kier alpha value is -1.96. The van der Waals surface area contributed by atoms with Crippen molar-refractivity contribution < 1.29 is 0 Å². The first-order valence-electron chi connectivity index (χ1n) is 5.37. The van der Waals surface area contributed by atoms with Crippen molar-refractivity contribution in [2.45, 2.75) is 13.8 Å². The Morgan fingerprint density at radius 1 is 1.06 bits per heavy atom. The summed E-state index contributed by atoms with van der Waals surface area (Å²) >= 11 is 0. The summed E-state index contributed by atoms with van der Waals surface area (Å²) in [6.07, 6.45) is 1.93. The predicted molar refractivity (Wildman–Crippen MR) is 66.5 cm³/mol. The van der Waals surface area contributed by atoms with Gasteiger partial charge in [0.05, 0.1) is 5.52 Å². The Kier molecular flexibility index (Phi) is 1.90. The average molecular weight is 208 g/mol. The van der Waals surface area contributed by atoms with Gasteiger partial charge in [0, 0.05) is 33.7 Å². The third kappa shape index (κ3) is 1.27. The lowest BCUT2D eigenvalue weighted by molar-refractivity contribution is 1.15. The lowest BCUT2D eigenvalue weighted by Gasteiger charge is -2.06. The fourth-order valence-electron chi connectivity index (χ4n) is 2.25. The first-order chi connectivity index (χ1) is 7.75. The topological polar surface area (TPSA) is 25.8 Å². The van der Waals surface area contributed by atoms with Gasteiger partial charge < -0.3 is 0 Å². The van der Waals surface area contributed by atoms with E-state index >= 15 is 0 Å². The van der Waals surface area contributed by atoms with Gasteiger partial charge in [0.1, 0.15) is 0 Å². The second-order valence-corrected chi connectivity index (χ2v) is 4.09. The molecule has 0 spiro atoms. The maximum atomic E-state index is 4.52. The van der Waals surface area contributed by atoms with Crippen LogP contribution in [0, 0.1) is 13.8 Å². The van der Waals surface area contributed by atoms with Gasteiger partial charge in [-0.1, -0.05) is 18.2 Å². The van der Waals surface area contributed by atoms with Gasteiger partial charge in [-0.25, -0.2) is 0 Å². The van der Waals surface area contributed by atoms with Crippen LogP contribution in [0.15, 0.2) is 36.5 Å². The molecule has 2 heteroatoms. The summed E-state index contributed by atoms with van der Waals surface area (Å²) in [7, 11) is 0. The van der Waals surface area contributed by atoms with E-state index in [0.717, 1.165) is 16.9 Å². The van der Waals surface area contributed by atoms with Crippen LogP contribution in [0.4, 0.5) is 0 Å². The lowest BCUT2D eigenvalue weighted by atomic mass is 10.1. The third-order valence-corrected chi connectivity index (χ3v) is 2.88. The molecule has 0 amide bonds. The summed E-state index contributed by atoms with van der Waals surface area (Å²) in [6.45, 7) is 4.07. The third-order valence-electron chi connectivity index (χ3n) is 2.88. The molecule has 0 aliphatic carbocycles. The minimum atomic E-state index is 1.03. The monoisotopic (exact) mass is 208 g/mol. The molecule has 0 unspecified atom stereocenters. The van der Waals surface area contributed by atoms with Crippen molar-refractivity contribution >= 4 is 21.7 Å². The van der Waals surface area contributed by atoms with Crippen molar-refractivity contribution in [3.8, 4) is 0 Å². The molecule has 0 saturated carbocycles. The first kappa shape index (κ1) is 9.28. The van der Waals surface area contributed by atoms with Crippen LogP contribution >= 0.6 is 0 Å². The number of aromatic nitrogens is 2. The molecule has 0 bridgehead atoms. The van der Waals surface area contributed by atoms with Gasteiger partial charge in [-0.3, -0.25) is 9.97 Å². The van der Waals surface area contributed by atoms with E-state index in [0.29, 0.717) is 0 Å². The van der Waals surface area contributed by atoms with Crippen LogP contribution in [-0.2, 0) is 0 Å². The molecular formula is C14H12N2. The molecule has 78 valence electrons. The number of benzene rings is 1. The average Bonchev–Trinajstić information content (AvgIpc) is 2.28. The number of hydrogen-bond acceptors (Lipinski definition) is 2. The van der Waals surface area contributed by atoms with Gasteiger partial charge in [-0.05, 0) is 26.0 Å². The molecule has 3 rings (SSSR count). The number of nitrogens with zero attached hydrogens (tertiary/aromatic N) is 2. The van der Waals surface area contributed by atoms with Crippen molar-refractivity contribution in [1.82, 2.24) is 9.97 Å². The van der Waals surface area contributed by atoms with Gasteiger partial charge >= 0.3 is 0 Å². The van der Waals surface area contributed by atoms with E-state index in [1.54, 1.807) is 0 Å². The standard InChI is InChI=1S/C14H12N2/c1-9-7-11-8-15-13-6-4-3-5-12(13)14(11)10(2)16-9/h3-8H,1-2H3. The first-order valence-corrected chi connectivity index (χ1v) is 5.37. The van der Waals surface area contributed by atoms with Gasteiger partial charge in [0.15, 0.2) is 0 Å². The van der Waals surface area contributed by atoms with E-state index in [-0.39, 0.29) is 0 Å². The van der Waals surface area contributed by atoms with Gasteiger partial charge in [0.25, 0.3) is 0 Å². The van der Waals surface area contributed by atoms with E-state index in [2.05, 4.69) is 29.0 Å². The lowest BCUT2D eigenvalue weighted by Crippen LogP contribution is -1.90. The summed E-state index contributed by atoms with van der Waals surface area (Å²) in [5.74, 6) is 0. The fourth-order valence-corrected chi connectivity index (χ4v) is 2.25. The number of para-hydroxylation sites is 1. The summed E-state index contributed by atoms with van der Waals surface area (Å²) < 4.78 is 0. The van der Waals surface area contributed by atoms with E-state index < -0.39 is 0 Å². The van der Waals surface area contributed by atoms with E-state index in [9.17, 15) is 0 Å². The molecule has 0 N–H and O–H groups in total. The van der Waals surface area contributed by atoms with Crippen LogP contribution in [0.3, 0.4) is 0 Å². The highest BCUT2D eigenvalue weighted by molar-refractivity contribution is 6.06. The smallest absolute Gasteiger partial charge is 0.0709 e. The Bertz CT molecular complexity index is 687. The van der Waals surface area contributed by atoms with Crippen LogP contribution in [0.5, 0.6) is 0 Å². The molecule has 16 heavy (non-hydrogen) atoms. The molecule has 2 nitrogen and oxygen atoms in total. The molecule has 0 aliphatic rings. The minimum Gasteiger partial charge on any atom is -0.258 e. The summed E-state index contributed by atoms with van der Waals surface area (Å²) in [4.78, 5) is 8.99. The largest absolute Gasteiger partial charge is 0.258 e. The molecule has 0 saturated heterocycles. The number of hydrogen-bond donors (Lipinski definition) is 0. The zero-order valence-corrected chi connectivity index (χ0v) is 9.36. The van der Waals surface area contributed by atoms with Crippen LogP contribution in [0.25, 0.3) is 21.7 Å². The molecule has 1 aromatic carbocycles. The highest BCUT2D eigenvalue weighted by Gasteiger charge is 2.05. The second kappa shape index (κ2) is 3.27. The summed E-state index contributed by atoms with van der Waals surface area (Å²) in [5, 5.41) is 3.57. The van der Waals surface area contributed by atoms with Crippen molar-refractivity contribution in [3.05, 3.63) is 47.9 Å². The Morgan fingerprint density at radius 3 is 2.75 bits per heavy atom. The van der Waals surface area contributed by atoms with Gasteiger partial charge in [-0.2, -0.15) is 0 Å². The molecule has 0 aliphatic heterocycles. The SMILES string of the molecule is Cc1cc2cnc3ccccc3c2c(C)n1. The van der Waals surface area contributed by atoms with Crippen molar-refractivity contribution in [2.75, 3.05) is 0 Å². The molecule has 3 aromatic rings. The highest BCUT2D eigenvalue weighted by atomic mass is 14.7. The fraction of sp³-hybridized carbons (Fsp3) is 0.143. The molecule has 0 atom stereocenters. The molecule has 2 aromatic heterocycles. The molecule has 2 heterocycles. The molecule has 0 fully saturated rings. The predicted octanol–water partition coefficient (Wildman–Crippen LogP) is 3.40. The van der Waals surface area contributed by atoms with Gasteiger partial charge in [-0.15, -0.1) is 0 Å². The van der Waals surface area contributed by atoms with Crippen molar-refractivity contribution in [1.29, 1.82) is 0 Å². The highest BCUT2D eigenvalue weighted by Crippen LogP contribution is 2.25. The zero-order chi connectivity index (χ0) is 11.1. The second-order valence-electron chi connectivity index (χ2n) is 4.09. The van der Waals surface area contributed by atoms with Crippen molar-refractivity contribution in [2.24, 2.45) is 0 Å². The summed E-state index contributed by atoms with van der Waals surface area (Å²) in [6, 6.07) is 10.3. The zero-order valence-electron chi connectivity index (χ0n) is 9.36. The van der Waals surface area contributed by atoms with E-state index in [1.807, 2.05) is 31.3 Å². The molecule has 0 radical (unpaired) electrons. The van der Waals surface area contributed by atoms with E-state index in [1.165, 1.54) is 16.2 Å². The Morgan fingerprint density at radius 2 is 1.88 bits per heavy atom. The normalized spacial score (nSPS) is 11.1. The van der Waals surface area contributed by atoms with Crippen LogP contribution < -0.4 is 0 Å².